The molecule has 1 aromatic heterocycles. The zero-order valence-electron chi connectivity index (χ0n) is 9.45. The van der Waals surface area contributed by atoms with E-state index in [2.05, 4.69) is 21.0 Å². The predicted octanol–water partition coefficient (Wildman–Crippen LogP) is 4.38. The lowest BCUT2D eigenvalue weighted by atomic mass is 10.1. The molecule has 0 aliphatic heterocycles. The van der Waals surface area contributed by atoms with Crippen molar-refractivity contribution in [1.29, 1.82) is 0 Å². The van der Waals surface area contributed by atoms with Gasteiger partial charge in [0.05, 0.1) is 15.9 Å². The lowest BCUT2D eigenvalue weighted by molar-refractivity contribution is 0.750. The Morgan fingerprint density at radius 1 is 1.29 bits per heavy atom. The highest BCUT2D eigenvalue weighted by molar-refractivity contribution is 9.10. The Labute approximate surface area is 114 Å². The zero-order valence-corrected chi connectivity index (χ0v) is 11.8. The summed E-state index contributed by atoms with van der Waals surface area (Å²) < 4.78 is 3.07. The van der Waals surface area contributed by atoms with Gasteiger partial charge in [-0.25, -0.2) is 0 Å². The molecule has 1 aromatic carbocycles. The largest absolute Gasteiger partial charge is 0.266 e. The van der Waals surface area contributed by atoms with Crippen LogP contribution in [0.4, 0.5) is 0 Å². The monoisotopic (exact) mass is 310 g/mol. The summed E-state index contributed by atoms with van der Waals surface area (Å²) in [5.41, 5.74) is 3.46. The fourth-order valence-electron chi connectivity index (χ4n) is 2.06. The van der Waals surface area contributed by atoms with E-state index in [1.54, 1.807) is 0 Å². The van der Waals surface area contributed by atoms with Crippen LogP contribution in [-0.4, -0.2) is 9.78 Å². The average Bonchev–Trinajstić information content (AvgIpc) is 3.09. The molecule has 2 nitrogen and oxygen atoms in total. The van der Waals surface area contributed by atoms with Gasteiger partial charge in [0.1, 0.15) is 0 Å². The molecule has 4 heteroatoms. The summed E-state index contributed by atoms with van der Waals surface area (Å²) in [6, 6.07) is 7.88. The molecule has 1 aliphatic rings. The van der Waals surface area contributed by atoms with Gasteiger partial charge in [-0.2, -0.15) is 5.10 Å². The van der Waals surface area contributed by atoms with Crippen LogP contribution in [0, 0.1) is 0 Å². The summed E-state index contributed by atoms with van der Waals surface area (Å²) in [7, 11) is 1.99. The van der Waals surface area contributed by atoms with Crippen LogP contribution in [0.3, 0.4) is 0 Å². The van der Waals surface area contributed by atoms with Gasteiger partial charge in [-0.1, -0.05) is 23.7 Å². The van der Waals surface area contributed by atoms with Crippen molar-refractivity contribution in [3.8, 4) is 11.3 Å². The molecule has 17 heavy (non-hydrogen) atoms. The maximum Gasteiger partial charge on any atom is 0.0824 e. The van der Waals surface area contributed by atoms with Crippen molar-refractivity contribution < 1.29 is 0 Å². The summed E-state index contributed by atoms with van der Waals surface area (Å²) >= 11 is 9.59. The number of aryl methyl sites for hydroxylation is 1. The van der Waals surface area contributed by atoms with Crippen LogP contribution in [-0.2, 0) is 7.05 Å². The summed E-state index contributed by atoms with van der Waals surface area (Å²) in [4.78, 5) is 0. The van der Waals surface area contributed by atoms with E-state index in [4.69, 9.17) is 11.6 Å². The Balaban J connectivity index is 2.10. The Hall–Kier alpha value is -0.800. The van der Waals surface area contributed by atoms with E-state index in [0.29, 0.717) is 5.92 Å². The molecular weight excluding hydrogens is 300 g/mol. The minimum Gasteiger partial charge on any atom is -0.266 e. The van der Waals surface area contributed by atoms with E-state index in [0.717, 1.165) is 20.8 Å². The van der Waals surface area contributed by atoms with Gasteiger partial charge in [-0.05, 0) is 40.9 Å². The van der Waals surface area contributed by atoms with Gasteiger partial charge >= 0.3 is 0 Å². The molecule has 1 aliphatic carbocycles. The fraction of sp³-hybridized carbons (Fsp3) is 0.308. The molecule has 0 amide bonds. The van der Waals surface area contributed by atoms with Crippen molar-refractivity contribution >= 4 is 27.5 Å². The van der Waals surface area contributed by atoms with Gasteiger partial charge in [0.15, 0.2) is 0 Å². The quantitative estimate of drug-likeness (QED) is 0.805. The van der Waals surface area contributed by atoms with Crippen molar-refractivity contribution in [2.75, 3.05) is 0 Å². The van der Waals surface area contributed by atoms with Crippen molar-refractivity contribution in [2.24, 2.45) is 7.05 Å². The molecule has 1 saturated carbocycles. The third-order valence-corrected chi connectivity index (χ3v) is 4.13. The second-order valence-corrected chi connectivity index (χ2v) is 5.68. The smallest absolute Gasteiger partial charge is 0.0824 e. The number of nitrogens with zero attached hydrogens (tertiary/aromatic N) is 2. The first kappa shape index (κ1) is 11.3. The lowest BCUT2D eigenvalue weighted by Crippen LogP contribution is -1.94. The van der Waals surface area contributed by atoms with Crippen molar-refractivity contribution in [1.82, 2.24) is 9.78 Å². The number of aromatic nitrogens is 2. The molecule has 0 radical (unpaired) electrons. The third kappa shape index (κ3) is 2.02. The molecule has 0 spiro atoms. The highest BCUT2D eigenvalue weighted by Crippen LogP contribution is 2.45. The second kappa shape index (κ2) is 4.14. The van der Waals surface area contributed by atoms with Crippen LogP contribution in [0.25, 0.3) is 11.3 Å². The molecule has 0 unspecified atom stereocenters. The van der Waals surface area contributed by atoms with E-state index < -0.39 is 0 Å². The highest BCUT2D eigenvalue weighted by atomic mass is 79.9. The molecule has 0 saturated heterocycles. The normalized spacial score (nSPS) is 15.2. The van der Waals surface area contributed by atoms with Gasteiger partial charge in [0.25, 0.3) is 0 Å². The molecule has 88 valence electrons. The number of hydrogen-bond acceptors (Lipinski definition) is 1. The first-order chi connectivity index (χ1) is 8.16. The Bertz CT molecular complexity index is 556. The fourth-order valence-corrected chi connectivity index (χ4v) is 3.07. The SMILES string of the molecule is Cn1nc(C2CC2)c(Br)c1-c1ccc(Cl)cc1. The van der Waals surface area contributed by atoms with Gasteiger partial charge in [0.2, 0.25) is 0 Å². The molecule has 0 N–H and O–H groups in total. The average molecular weight is 312 g/mol. The Morgan fingerprint density at radius 2 is 1.94 bits per heavy atom. The standard InChI is InChI=1S/C13H12BrClN2/c1-17-13(9-4-6-10(15)7-5-9)11(14)12(16-17)8-2-3-8/h4-8H,2-3H2,1H3. The van der Waals surface area contributed by atoms with E-state index in [1.165, 1.54) is 18.5 Å². The van der Waals surface area contributed by atoms with Crippen LogP contribution >= 0.6 is 27.5 Å². The van der Waals surface area contributed by atoms with Gasteiger partial charge in [-0.3, -0.25) is 4.68 Å². The van der Waals surface area contributed by atoms with E-state index in [1.807, 2.05) is 36.0 Å². The highest BCUT2D eigenvalue weighted by Gasteiger charge is 2.30. The summed E-state index contributed by atoms with van der Waals surface area (Å²) in [5.74, 6) is 0.650. The van der Waals surface area contributed by atoms with Crippen LogP contribution in [0.5, 0.6) is 0 Å². The van der Waals surface area contributed by atoms with E-state index in [-0.39, 0.29) is 0 Å². The van der Waals surface area contributed by atoms with Gasteiger partial charge < -0.3 is 0 Å². The third-order valence-electron chi connectivity index (χ3n) is 3.10. The minimum absolute atomic E-state index is 0.650. The van der Waals surface area contributed by atoms with Gasteiger partial charge in [0, 0.05) is 23.6 Å². The van der Waals surface area contributed by atoms with Crippen LogP contribution in [0.1, 0.15) is 24.5 Å². The number of benzene rings is 1. The van der Waals surface area contributed by atoms with Crippen molar-refractivity contribution in [3.05, 3.63) is 39.5 Å². The summed E-state index contributed by atoms with van der Waals surface area (Å²) in [5, 5.41) is 5.37. The van der Waals surface area contributed by atoms with Crippen LogP contribution < -0.4 is 0 Å². The number of rotatable bonds is 2. The van der Waals surface area contributed by atoms with Crippen LogP contribution in [0.2, 0.25) is 5.02 Å². The zero-order chi connectivity index (χ0) is 12.0. The van der Waals surface area contributed by atoms with Gasteiger partial charge in [-0.15, -0.1) is 0 Å². The molecule has 1 fully saturated rings. The summed E-state index contributed by atoms with van der Waals surface area (Å²) in [6.07, 6.45) is 2.52. The van der Waals surface area contributed by atoms with Crippen molar-refractivity contribution in [2.45, 2.75) is 18.8 Å². The molecule has 0 atom stereocenters. The first-order valence-electron chi connectivity index (χ1n) is 5.65. The summed E-state index contributed by atoms with van der Waals surface area (Å²) in [6.45, 7) is 0. The topological polar surface area (TPSA) is 17.8 Å². The lowest BCUT2D eigenvalue weighted by Gasteiger charge is -2.03. The Kier molecular flexibility index (Phi) is 2.75. The van der Waals surface area contributed by atoms with Crippen LogP contribution in [0.15, 0.2) is 28.7 Å². The maximum atomic E-state index is 5.91. The van der Waals surface area contributed by atoms with Crippen molar-refractivity contribution in [3.63, 3.8) is 0 Å². The first-order valence-corrected chi connectivity index (χ1v) is 6.82. The Morgan fingerprint density at radius 3 is 2.53 bits per heavy atom. The minimum atomic E-state index is 0.650. The molecule has 2 aromatic rings. The molecular formula is C13H12BrClN2. The number of halogens is 2. The molecule has 1 heterocycles. The molecule has 0 bridgehead atoms. The maximum absolute atomic E-state index is 5.91. The number of hydrogen-bond donors (Lipinski definition) is 0. The molecule has 3 rings (SSSR count). The second-order valence-electron chi connectivity index (χ2n) is 4.45. The van der Waals surface area contributed by atoms with E-state index >= 15 is 0 Å². The predicted molar refractivity (Wildman–Crippen MR) is 73.3 cm³/mol. The van der Waals surface area contributed by atoms with E-state index in [9.17, 15) is 0 Å².